The van der Waals surface area contributed by atoms with E-state index in [9.17, 15) is 4.39 Å². The Morgan fingerprint density at radius 3 is 2.86 bits per heavy atom. The second-order valence-electron chi connectivity index (χ2n) is 5.48. The second kappa shape index (κ2) is 6.22. The number of benzene rings is 1. The summed E-state index contributed by atoms with van der Waals surface area (Å²) in [5, 5.41) is 2.99. The molecule has 1 aliphatic rings. The third-order valence-electron chi connectivity index (χ3n) is 4.08. The summed E-state index contributed by atoms with van der Waals surface area (Å²) in [7, 11) is 1.82. The Labute approximate surface area is 124 Å². The van der Waals surface area contributed by atoms with E-state index in [1.54, 1.807) is 12.3 Å². The fourth-order valence-electron chi connectivity index (χ4n) is 2.97. The highest BCUT2D eigenvalue weighted by Crippen LogP contribution is 2.31. The van der Waals surface area contributed by atoms with E-state index in [0.29, 0.717) is 23.8 Å². The molecule has 0 radical (unpaired) electrons. The van der Waals surface area contributed by atoms with Crippen LogP contribution in [-0.4, -0.2) is 25.1 Å². The van der Waals surface area contributed by atoms with Crippen molar-refractivity contribution in [1.29, 1.82) is 0 Å². The first-order chi connectivity index (χ1) is 10.3. The average molecular weight is 285 g/mol. The van der Waals surface area contributed by atoms with Gasteiger partial charge in [0.25, 0.3) is 0 Å². The number of rotatable bonds is 4. The van der Waals surface area contributed by atoms with E-state index >= 15 is 0 Å². The predicted molar refractivity (Wildman–Crippen MR) is 83.0 cm³/mol. The van der Waals surface area contributed by atoms with Crippen molar-refractivity contribution in [3.05, 3.63) is 59.5 Å². The molecular weight excluding hydrogens is 265 g/mol. The van der Waals surface area contributed by atoms with Crippen LogP contribution in [0.3, 0.4) is 0 Å². The first-order valence-electron chi connectivity index (χ1n) is 7.37. The zero-order valence-corrected chi connectivity index (χ0v) is 12.2. The van der Waals surface area contributed by atoms with E-state index in [-0.39, 0.29) is 5.82 Å². The van der Waals surface area contributed by atoms with Gasteiger partial charge in [-0.15, -0.1) is 0 Å². The molecule has 2 aromatic rings. The van der Waals surface area contributed by atoms with Gasteiger partial charge in [-0.2, -0.15) is 0 Å². The number of pyridine rings is 1. The number of aromatic nitrogens is 1. The van der Waals surface area contributed by atoms with Gasteiger partial charge in [0.15, 0.2) is 11.6 Å². The highest BCUT2D eigenvalue weighted by Gasteiger charge is 2.27. The minimum absolute atomic E-state index is 0.194. The highest BCUT2D eigenvalue weighted by molar-refractivity contribution is 5.45. The third-order valence-corrected chi connectivity index (χ3v) is 4.08. The van der Waals surface area contributed by atoms with Gasteiger partial charge >= 0.3 is 0 Å². The Hall–Kier alpha value is -1.94. The van der Waals surface area contributed by atoms with Gasteiger partial charge in [0.2, 0.25) is 0 Å². The Morgan fingerprint density at radius 2 is 2.10 bits per heavy atom. The molecule has 110 valence electrons. The molecule has 0 bridgehead atoms. The lowest BCUT2D eigenvalue weighted by molar-refractivity contribution is 0.590. The normalized spacial score (nSPS) is 18.2. The molecule has 1 N–H and O–H groups in total. The van der Waals surface area contributed by atoms with Crippen LogP contribution in [0.2, 0.25) is 0 Å². The number of nitrogens with one attached hydrogen (secondary N) is 1. The Bertz CT molecular complexity index is 600. The van der Waals surface area contributed by atoms with Crippen molar-refractivity contribution < 1.29 is 4.39 Å². The number of anilines is 1. The Morgan fingerprint density at radius 1 is 1.29 bits per heavy atom. The van der Waals surface area contributed by atoms with Crippen LogP contribution in [0, 0.1) is 5.82 Å². The van der Waals surface area contributed by atoms with Crippen LogP contribution in [-0.2, 0) is 6.54 Å². The number of hydrogen-bond donors (Lipinski definition) is 1. The molecule has 21 heavy (non-hydrogen) atoms. The van der Waals surface area contributed by atoms with Crippen molar-refractivity contribution >= 4 is 5.82 Å². The molecule has 1 saturated heterocycles. The van der Waals surface area contributed by atoms with Crippen molar-refractivity contribution in [2.24, 2.45) is 0 Å². The second-order valence-corrected chi connectivity index (χ2v) is 5.48. The summed E-state index contributed by atoms with van der Waals surface area (Å²) < 4.78 is 14.5. The van der Waals surface area contributed by atoms with Crippen LogP contribution in [0.25, 0.3) is 0 Å². The number of hydrogen-bond acceptors (Lipinski definition) is 3. The van der Waals surface area contributed by atoms with E-state index in [2.05, 4.69) is 39.5 Å². The van der Waals surface area contributed by atoms with E-state index < -0.39 is 0 Å². The molecule has 4 heteroatoms. The summed E-state index contributed by atoms with van der Waals surface area (Å²) >= 11 is 0. The van der Waals surface area contributed by atoms with E-state index in [0.717, 1.165) is 19.5 Å². The Kier molecular flexibility index (Phi) is 4.15. The molecule has 0 saturated carbocycles. The van der Waals surface area contributed by atoms with Crippen LogP contribution in [0.1, 0.15) is 23.5 Å². The lowest BCUT2D eigenvalue weighted by Gasteiger charge is -2.19. The van der Waals surface area contributed by atoms with Gasteiger partial charge in [-0.25, -0.2) is 9.37 Å². The zero-order valence-electron chi connectivity index (χ0n) is 12.2. The van der Waals surface area contributed by atoms with Gasteiger partial charge in [0.1, 0.15) is 0 Å². The molecule has 1 fully saturated rings. The van der Waals surface area contributed by atoms with Gasteiger partial charge in [-0.05, 0) is 25.1 Å². The molecule has 0 aliphatic carbocycles. The van der Waals surface area contributed by atoms with Crippen LogP contribution < -0.4 is 10.2 Å². The summed E-state index contributed by atoms with van der Waals surface area (Å²) in [5.74, 6) is 0.752. The van der Waals surface area contributed by atoms with Gasteiger partial charge in [0.05, 0.1) is 0 Å². The summed E-state index contributed by atoms with van der Waals surface area (Å²) in [5.41, 5.74) is 2.00. The van der Waals surface area contributed by atoms with Crippen LogP contribution in [0.4, 0.5) is 10.2 Å². The monoisotopic (exact) mass is 285 g/mol. The van der Waals surface area contributed by atoms with Crippen molar-refractivity contribution in [2.45, 2.75) is 18.9 Å². The summed E-state index contributed by atoms with van der Waals surface area (Å²) in [6.45, 7) is 2.21. The lowest BCUT2D eigenvalue weighted by Crippen LogP contribution is -2.22. The lowest BCUT2D eigenvalue weighted by atomic mass is 9.99. The molecular formula is C17H20FN3. The number of nitrogens with zero attached hydrogens (tertiary/aromatic N) is 2. The number of halogens is 1. The fraction of sp³-hybridized carbons (Fsp3) is 0.353. The summed E-state index contributed by atoms with van der Waals surface area (Å²) in [6.07, 6.45) is 2.74. The fourth-order valence-corrected chi connectivity index (χ4v) is 2.97. The van der Waals surface area contributed by atoms with Gasteiger partial charge in [0, 0.05) is 37.3 Å². The molecule has 1 aromatic carbocycles. The smallest absolute Gasteiger partial charge is 0.170 e. The molecule has 1 aromatic heterocycles. The molecule has 1 atom stereocenters. The van der Waals surface area contributed by atoms with Gasteiger partial charge in [-0.3, -0.25) is 0 Å². The SMILES string of the molecule is CNCc1ccnc(N2CCC(c3ccccc3)C2)c1F. The largest absolute Gasteiger partial charge is 0.354 e. The molecule has 1 unspecified atom stereocenters. The summed E-state index contributed by atoms with van der Waals surface area (Å²) in [4.78, 5) is 6.32. The van der Waals surface area contributed by atoms with Crippen molar-refractivity contribution in [3.8, 4) is 0 Å². The molecule has 3 rings (SSSR count). The predicted octanol–water partition coefficient (Wildman–Crippen LogP) is 2.93. The zero-order chi connectivity index (χ0) is 14.7. The summed E-state index contributed by atoms with van der Waals surface area (Å²) in [6, 6.07) is 12.2. The molecule has 0 spiro atoms. The van der Waals surface area contributed by atoms with Gasteiger partial charge in [-0.1, -0.05) is 30.3 Å². The van der Waals surface area contributed by atoms with Crippen LogP contribution in [0.5, 0.6) is 0 Å². The minimum Gasteiger partial charge on any atom is -0.354 e. The third kappa shape index (κ3) is 2.90. The Balaban J connectivity index is 1.79. The van der Waals surface area contributed by atoms with E-state index in [1.165, 1.54) is 5.56 Å². The maximum atomic E-state index is 14.5. The average Bonchev–Trinajstić information content (AvgIpc) is 3.00. The highest BCUT2D eigenvalue weighted by atomic mass is 19.1. The van der Waals surface area contributed by atoms with Crippen molar-refractivity contribution in [2.75, 3.05) is 25.0 Å². The van der Waals surface area contributed by atoms with Crippen LogP contribution >= 0.6 is 0 Å². The van der Waals surface area contributed by atoms with Gasteiger partial charge < -0.3 is 10.2 Å². The topological polar surface area (TPSA) is 28.2 Å². The molecule has 1 aliphatic heterocycles. The standard InChI is InChI=1S/C17H20FN3/c1-19-11-14-7-9-20-17(16(14)18)21-10-8-15(12-21)13-5-3-2-4-6-13/h2-7,9,15,19H,8,10-12H2,1H3. The first kappa shape index (κ1) is 14.0. The van der Waals surface area contributed by atoms with E-state index in [1.807, 2.05) is 13.1 Å². The van der Waals surface area contributed by atoms with Crippen LogP contribution in [0.15, 0.2) is 42.6 Å². The maximum absolute atomic E-state index is 14.5. The molecule has 0 amide bonds. The molecule has 3 nitrogen and oxygen atoms in total. The van der Waals surface area contributed by atoms with Crippen molar-refractivity contribution in [3.63, 3.8) is 0 Å². The quantitative estimate of drug-likeness (QED) is 0.936. The molecule has 2 heterocycles. The first-order valence-corrected chi connectivity index (χ1v) is 7.37. The van der Waals surface area contributed by atoms with Crippen molar-refractivity contribution in [1.82, 2.24) is 10.3 Å². The maximum Gasteiger partial charge on any atom is 0.170 e. The van der Waals surface area contributed by atoms with E-state index in [4.69, 9.17) is 0 Å². The minimum atomic E-state index is -0.194.